The Balaban J connectivity index is 1.63. The minimum Gasteiger partial charge on any atom is -0.464 e. The average molecular weight is 398 g/mol. The highest BCUT2D eigenvalue weighted by Crippen LogP contribution is 2.34. The van der Waals surface area contributed by atoms with Crippen LogP contribution in [0.5, 0.6) is 0 Å². The number of hydrogen-bond donors (Lipinski definition) is 2. The van der Waals surface area contributed by atoms with Gasteiger partial charge in [0.1, 0.15) is 6.61 Å². The van der Waals surface area contributed by atoms with E-state index in [1.807, 2.05) is 26.0 Å². The van der Waals surface area contributed by atoms with Gasteiger partial charge in [-0.05, 0) is 43.9 Å². The van der Waals surface area contributed by atoms with Crippen LogP contribution in [0.3, 0.4) is 0 Å². The lowest BCUT2D eigenvalue weighted by molar-refractivity contribution is -0.147. The van der Waals surface area contributed by atoms with E-state index in [0.29, 0.717) is 5.92 Å². The van der Waals surface area contributed by atoms with Crippen molar-refractivity contribution in [3.05, 3.63) is 35.5 Å². The molecule has 2 aromatic rings. The third-order valence-electron chi connectivity index (χ3n) is 5.54. The van der Waals surface area contributed by atoms with Crippen LogP contribution >= 0.6 is 0 Å². The smallest absolute Gasteiger partial charge is 0.319 e. The molecule has 1 heterocycles. The van der Waals surface area contributed by atoms with Gasteiger partial charge in [-0.25, -0.2) is 4.79 Å². The molecule has 0 saturated carbocycles. The molecule has 2 amide bonds. The van der Waals surface area contributed by atoms with Gasteiger partial charge in [0.05, 0.1) is 12.5 Å². The van der Waals surface area contributed by atoms with Crippen LogP contribution in [-0.4, -0.2) is 29.7 Å². The fourth-order valence-corrected chi connectivity index (χ4v) is 3.71. The average Bonchev–Trinajstić information content (AvgIpc) is 3.02. The molecule has 0 aliphatic heterocycles. The molecule has 2 unspecified atom stereocenters. The van der Waals surface area contributed by atoms with E-state index in [4.69, 9.17) is 4.74 Å². The summed E-state index contributed by atoms with van der Waals surface area (Å²) in [4.78, 5) is 23.8. The summed E-state index contributed by atoms with van der Waals surface area (Å²) in [6.07, 6.45) is 6.22. The van der Waals surface area contributed by atoms with Crippen molar-refractivity contribution >= 4 is 34.7 Å². The van der Waals surface area contributed by atoms with Gasteiger partial charge in [-0.15, -0.1) is 0 Å². The van der Waals surface area contributed by atoms with Crippen LogP contribution in [0.15, 0.2) is 24.3 Å². The van der Waals surface area contributed by atoms with Crippen LogP contribution in [0.4, 0.5) is 10.5 Å². The van der Waals surface area contributed by atoms with Crippen molar-refractivity contribution < 1.29 is 14.3 Å². The zero-order chi connectivity index (χ0) is 21.0. The van der Waals surface area contributed by atoms with Crippen LogP contribution in [0.1, 0.15) is 45.4 Å². The third-order valence-corrected chi connectivity index (χ3v) is 5.54. The molecule has 29 heavy (non-hydrogen) atoms. The Bertz CT molecular complexity index is 929. The molecule has 2 N–H and O–H groups in total. The monoisotopic (exact) mass is 397 g/mol. The summed E-state index contributed by atoms with van der Waals surface area (Å²) in [5.74, 6) is 0.191. The largest absolute Gasteiger partial charge is 0.464 e. The van der Waals surface area contributed by atoms with Gasteiger partial charge in [-0.2, -0.15) is 0 Å². The van der Waals surface area contributed by atoms with Gasteiger partial charge in [-0.3, -0.25) is 4.79 Å². The van der Waals surface area contributed by atoms with Crippen molar-refractivity contribution in [3.63, 3.8) is 0 Å². The van der Waals surface area contributed by atoms with E-state index in [2.05, 4.69) is 47.3 Å². The molecule has 0 saturated heterocycles. The lowest BCUT2D eigenvalue weighted by atomic mass is 9.95. The van der Waals surface area contributed by atoms with Crippen LogP contribution in [-0.2, 0) is 22.5 Å². The SMILES string of the molecule is CCC(C)C(=O)OCCNC(=O)Nc1ccc2c(c1)c1c(n2CC)CC(C)C=C1. The van der Waals surface area contributed by atoms with Crippen molar-refractivity contribution in [2.24, 2.45) is 11.8 Å². The number of carbonyl (C=O) groups excluding carboxylic acids is 2. The predicted octanol–water partition coefficient (Wildman–Crippen LogP) is 4.58. The number of anilines is 1. The number of nitrogens with one attached hydrogen (secondary N) is 2. The Hall–Kier alpha value is -2.76. The lowest BCUT2D eigenvalue weighted by Gasteiger charge is -2.15. The van der Waals surface area contributed by atoms with E-state index in [1.165, 1.54) is 16.8 Å². The lowest BCUT2D eigenvalue weighted by Crippen LogP contribution is -2.32. The van der Waals surface area contributed by atoms with Crippen molar-refractivity contribution in [3.8, 4) is 0 Å². The summed E-state index contributed by atoms with van der Waals surface area (Å²) in [6, 6.07) is 5.72. The maximum Gasteiger partial charge on any atom is 0.319 e. The van der Waals surface area contributed by atoms with Crippen LogP contribution in [0.25, 0.3) is 17.0 Å². The first-order valence-corrected chi connectivity index (χ1v) is 10.5. The van der Waals surface area contributed by atoms with E-state index in [1.54, 1.807) is 0 Å². The summed E-state index contributed by atoms with van der Waals surface area (Å²) in [5.41, 5.74) is 4.55. The maximum atomic E-state index is 12.2. The zero-order valence-corrected chi connectivity index (χ0v) is 17.7. The first-order chi connectivity index (χ1) is 13.9. The fourth-order valence-electron chi connectivity index (χ4n) is 3.71. The molecule has 3 rings (SSSR count). The van der Waals surface area contributed by atoms with E-state index in [9.17, 15) is 9.59 Å². The molecule has 6 heteroatoms. The van der Waals surface area contributed by atoms with E-state index in [-0.39, 0.29) is 31.1 Å². The van der Waals surface area contributed by atoms with E-state index in [0.717, 1.165) is 30.5 Å². The Kier molecular flexibility index (Phi) is 6.62. The molecule has 2 atom stereocenters. The Morgan fingerprint density at radius 3 is 2.83 bits per heavy atom. The summed E-state index contributed by atoms with van der Waals surface area (Å²) in [6.45, 7) is 9.54. The van der Waals surface area contributed by atoms with Crippen LogP contribution in [0.2, 0.25) is 0 Å². The topological polar surface area (TPSA) is 72.4 Å². The quantitative estimate of drug-likeness (QED) is 0.531. The van der Waals surface area contributed by atoms with Gasteiger partial charge in [0, 0.05) is 34.4 Å². The van der Waals surface area contributed by atoms with Crippen molar-refractivity contribution in [1.29, 1.82) is 0 Å². The number of carbonyl (C=O) groups is 2. The van der Waals surface area contributed by atoms with Gasteiger partial charge in [-0.1, -0.05) is 32.9 Å². The zero-order valence-electron chi connectivity index (χ0n) is 17.7. The Morgan fingerprint density at radius 1 is 1.31 bits per heavy atom. The number of aryl methyl sites for hydroxylation is 1. The Morgan fingerprint density at radius 2 is 2.10 bits per heavy atom. The van der Waals surface area contributed by atoms with Gasteiger partial charge >= 0.3 is 12.0 Å². The number of hydrogen-bond acceptors (Lipinski definition) is 3. The number of nitrogens with zero attached hydrogens (tertiary/aromatic N) is 1. The van der Waals surface area contributed by atoms with Gasteiger partial charge in [0.15, 0.2) is 0 Å². The second kappa shape index (κ2) is 9.16. The van der Waals surface area contributed by atoms with Crippen LogP contribution in [0, 0.1) is 11.8 Å². The van der Waals surface area contributed by atoms with Crippen LogP contribution < -0.4 is 10.6 Å². The van der Waals surface area contributed by atoms with E-state index >= 15 is 0 Å². The highest BCUT2D eigenvalue weighted by Gasteiger charge is 2.20. The molecule has 0 fully saturated rings. The molecule has 0 bridgehead atoms. The molecular formula is C23H31N3O3. The molecule has 0 radical (unpaired) electrons. The third kappa shape index (κ3) is 4.63. The minimum atomic E-state index is -0.308. The highest BCUT2D eigenvalue weighted by molar-refractivity contribution is 5.97. The highest BCUT2D eigenvalue weighted by atomic mass is 16.5. The molecule has 6 nitrogen and oxygen atoms in total. The summed E-state index contributed by atoms with van der Waals surface area (Å²) in [5, 5.41) is 6.76. The molecule has 1 aromatic carbocycles. The summed E-state index contributed by atoms with van der Waals surface area (Å²) >= 11 is 0. The second-order valence-electron chi connectivity index (χ2n) is 7.73. The molecular weight excluding hydrogens is 366 g/mol. The number of allylic oxidation sites excluding steroid dienone is 1. The molecule has 1 aliphatic carbocycles. The molecule has 1 aromatic heterocycles. The van der Waals surface area contributed by atoms with Crippen molar-refractivity contribution in [2.45, 2.75) is 47.1 Å². The normalized spacial score (nSPS) is 16.3. The van der Waals surface area contributed by atoms with Gasteiger partial charge in [0.25, 0.3) is 0 Å². The summed E-state index contributed by atoms with van der Waals surface area (Å²) in [7, 11) is 0. The Labute approximate surface area is 172 Å². The molecule has 0 spiro atoms. The predicted molar refractivity (Wildman–Crippen MR) is 117 cm³/mol. The number of aromatic nitrogens is 1. The number of esters is 1. The number of urea groups is 1. The molecule has 156 valence electrons. The van der Waals surface area contributed by atoms with E-state index < -0.39 is 0 Å². The van der Waals surface area contributed by atoms with Gasteiger partial charge in [0.2, 0.25) is 0 Å². The van der Waals surface area contributed by atoms with Crippen molar-refractivity contribution in [1.82, 2.24) is 9.88 Å². The second-order valence-corrected chi connectivity index (χ2v) is 7.73. The maximum absolute atomic E-state index is 12.2. The first kappa shape index (κ1) is 21.0. The fraction of sp³-hybridized carbons (Fsp3) is 0.478. The number of fused-ring (bicyclic) bond motifs is 3. The number of benzene rings is 1. The summed E-state index contributed by atoms with van der Waals surface area (Å²) < 4.78 is 7.51. The molecule has 1 aliphatic rings. The first-order valence-electron chi connectivity index (χ1n) is 10.5. The number of amides is 2. The van der Waals surface area contributed by atoms with Crippen molar-refractivity contribution in [2.75, 3.05) is 18.5 Å². The minimum absolute atomic E-state index is 0.117. The number of rotatable bonds is 7. The standard InChI is InChI=1S/C23H31N3O3/c1-5-16(4)22(27)29-12-11-24-23(28)25-17-8-10-20-19(14-17)18-9-7-15(3)13-21(18)26(20)6-2/h7-10,14-16H,5-6,11-13H2,1-4H3,(H2,24,25,28). The number of ether oxygens (including phenoxy) is 1. The van der Waals surface area contributed by atoms with Gasteiger partial charge < -0.3 is 19.9 Å².